The molecule has 0 amide bonds. The number of nitrogen functional groups attached to an aromatic ring is 1. The zero-order valence-corrected chi connectivity index (χ0v) is 14.5. The summed E-state index contributed by atoms with van der Waals surface area (Å²) in [4.78, 5) is 27.0. The molecular weight excluding hydrogens is 360 g/mol. The van der Waals surface area contributed by atoms with E-state index in [1.54, 1.807) is 48.5 Å². The lowest BCUT2D eigenvalue weighted by atomic mass is 10.1. The summed E-state index contributed by atoms with van der Waals surface area (Å²) in [5, 5.41) is 8.75. The number of hydrogen-bond acceptors (Lipinski definition) is 6. The van der Waals surface area contributed by atoms with Gasteiger partial charge in [-0.3, -0.25) is 14.6 Å². The first-order valence-electron chi connectivity index (χ1n) is 7.28. The molecule has 0 unspecified atom stereocenters. The minimum atomic E-state index is -0.408. The number of nitrogens with one attached hydrogen (secondary N) is 1. The summed E-state index contributed by atoms with van der Waals surface area (Å²) < 4.78 is 0. The highest BCUT2D eigenvalue weighted by Crippen LogP contribution is 2.21. The SMILES string of the molecule is Nc1ccccc1-c1nnc(SCC(=O)c2ccc(Cl)cc2)[nH]c1=O. The maximum atomic E-state index is 12.2. The molecule has 0 aliphatic heterocycles. The van der Waals surface area contributed by atoms with Crippen LogP contribution in [0, 0.1) is 0 Å². The molecule has 126 valence electrons. The van der Waals surface area contributed by atoms with Crippen LogP contribution in [-0.2, 0) is 0 Å². The number of aromatic nitrogens is 3. The first kappa shape index (κ1) is 17.2. The van der Waals surface area contributed by atoms with Crippen molar-refractivity contribution in [2.24, 2.45) is 0 Å². The maximum absolute atomic E-state index is 12.2. The van der Waals surface area contributed by atoms with Gasteiger partial charge in [-0.25, -0.2) is 0 Å². The Hall–Kier alpha value is -2.64. The second-order valence-electron chi connectivity index (χ2n) is 5.11. The number of anilines is 1. The van der Waals surface area contributed by atoms with E-state index in [2.05, 4.69) is 15.2 Å². The second kappa shape index (κ2) is 7.50. The summed E-state index contributed by atoms with van der Waals surface area (Å²) in [5.74, 6) is 0.0275. The van der Waals surface area contributed by atoms with Crippen LogP contribution in [0.5, 0.6) is 0 Å². The summed E-state index contributed by atoms with van der Waals surface area (Å²) in [6.07, 6.45) is 0. The molecule has 0 fully saturated rings. The van der Waals surface area contributed by atoms with Crippen molar-refractivity contribution in [1.82, 2.24) is 15.2 Å². The van der Waals surface area contributed by atoms with E-state index in [-0.39, 0.29) is 22.4 Å². The first-order chi connectivity index (χ1) is 12.0. The molecule has 8 heteroatoms. The van der Waals surface area contributed by atoms with Gasteiger partial charge in [0.25, 0.3) is 5.56 Å². The summed E-state index contributed by atoms with van der Waals surface area (Å²) >= 11 is 6.91. The highest BCUT2D eigenvalue weighted by molar-refractivity contribution is 7.99. The molecule has 0 saturated carbocycles. The van der Waals surface area contributed by atoms with Gasteiger partial charge in [0.2, 0.25) is 0 Å². The quantitative estimate of drug-likeness (QED) is 0.405. The lowest BCUT2D eigenvalue weighted by molar-refractivity contribution is 0.102. The van der Waals surface area contributed by atoms with Crippen LogP contribution in [0.25, 0.3) is 11.3 Å². The van der Waals surface area contributed by atoms with E-state index in [1.807, 2.05) is 0 Å². The topological polar surface area (TPSA) is 102 Å². The van der Waals surface area contributed by atoms with Gasteiger partial charge < -0.3 is 5.73 Å². The van der Waals surface area contributed by atoms with Crippen LogP contribution in [0.2, 0.25) is 5.02 Å². The van der Waals surface area contributed by atoms with Gasteiger partial charge in [-0.15, -0.1) is 10.2 Å². The number of H-pyrrole nitrogens is 1. The van der Waals surface area contributed by atoms with Crippen LogP contribution in [0.3, 0.4) is 0 Å². The number of hydrogen-bond donors (Lipinski definition) is 2. The maximum Gasteiger partial charge on any atom is 0.278 e. The summed E-state index contributed by atoms with van der Waals surface area (Å²) in [6, 6.07) is 13.5. The molecule has 1 aromatic heterocycles. The third kappa shape index (κ3) is 4.07. The molecule has 2 aromatic carbocycles. The number of nitrogens with two attached hydrogens (primary N) is 1. The average Bonchev–Trinajstić information content (AvgIpc) is 2.61. The van der Waals surface area contributed by atoms with E-state index in [4.69, 9.17) is 17.3 Å². The molecule has 3 rings (SSSR count). The molecule has 0 bridgehead atoms. The largest absolute Gasteiger partial charge is 0.398 e. The van der Waals surface area contributed by atoms with Crippen molar-refractivity contribution in [1.29, 1.82) is 0 Å². The molecule has 0 saturated heterocycles. The summed E-state index contributed by atoms with van der Waals surface area (Å²) in [5.41, 5.74) is 7.10. The molecule has 6 nitrogen and oxygen atoms in total. The Morgan fingerprint density at radius 3 is 2.52 bits per heavy atom. The number of rotatable bonds is 5. The van der Waals surface area contributed by atoms with E-state index >= 15 is 0 Å². The van der Waals surface area contributed by atoms with Crippen molar-refractivity contribution in [2.75, 3.05) is 11.5 Å². The Labute approximate surface area is 152 Å². The average molecular weight is 373 g/mol. The fourth-order valence-electron chi connectivity index (χ4n) is 2.13. The Morgan fingerprint density at radius 1 is 1.12 bits per heavy atom. The summed E-state index contributed by atoms with van der Waals surface area (Å²) in [7, 11) is 0. The van der Waals surface area contributed by atoms with Crippen molar-refractivity contribution in [3.63, 3.8) is 0 Å². The molecule has 25 heavy (non-hydrogen) atoms. The van der Waals surface area contributed by atoms with E-state index in [0.29, 0.717) is 21.8 Å². The Morgan fingerprint density at radius 2 is 1.84 bits per heavy atom. The number of Topliss-reactive ketones (excluding diaryl/α,β-unsaturated/α-hetero) is 1. The first-order valence-corrected chi connectivity index (χ1v) is 8.64. The standard InChI is InChI=1S/C17H13ClN4O2S/c18-11-7-5-10(6-8-11)14(23)9-25-17-20-16(24)15(21-22-17)12-3-1-2-4-13(12)19/h1-8H,9,19H2,(H,20,22,24). The van der Waals surface area contributed by atoms with Gasteiger partial charge in [0.15, 0.2) is 16.6 Å². The number of benzene rings is 2. The van der Waals surface area contributed by atoms with Crippen molar-refractivity contribution >= 4 is 34.8 Å². The number of aromatic amines is 1. The zero-order valence-electron chi connectivity index (χ0n) is 12.9. The van der Waals surface area contributed by atoms with Crippen molar-refractivity contribution in [3.8, 4) is 11.3 Å². The number of nitrogens with zero attached hydrogens (tertiary/aromatic N) is 2. The van der Waals surface area contributed by atoms with Gasteiger partial charge >= 0.3 is 0 Å². The lowest BCUT2D eigenvalue weighted by Gasteiger charge is -2.04. The molecule has 1 heterocycles. The molecule has 3 N–H and O–H groups in total. The van der Waals surface area contributed by atoms with Gasteiger partial charge in [0.05, 0.1) is 5.75 Å². The van der Waals surface area contributed by atoms with Gasteiger partial charge in [0, 0.05) is 21.8 Å². The highest BCUT2D eigenvalue weighted by Gasteiger charge is 2.12. The minimum absolute atomic E-state index is 0.0966. The third-order valence-electron chi connectivity index (χ3n) is 3.40. The Balaban J connectivity index is 1.73. The van der Waals surface area contributed by atoms with Crippen LogP contribution >= 0.6 is 23.4 Å². The second-order valence-corrected chi connectivity index (χ2v) is 6.51. The number of para-hydroxylation sites is 1. The predicted molar refractivity (Wildman–Crippen MR) is 99.0 cm³/mol. The van der Waals surface area contributed by atoms with Gasteiger partial charge in [-0.2, -0.15) is 0 Å². The van der Waals surface area contributed by atoms with E-state index in [0.717, 1.165) is 11.8 Å². The third-order valence-corrected chi connectivity index (χ3v) is 4.51. The molecule has 0 radical (unpaired) electrons. The summed E-state index contributed by atoms with van der Waals surface area (Å²) in [6.45, 7) is 0. The van der Waals surface area contributed by atoms with Gasteiger partial charge in [0.1, 0.15) is 0 Å². The Kier molecular flexibility index (Phi) is 5.16. The predicted octanol–water partition coefficient (Wildman–Crippen LogP) is 3.04. The number of thioether (sulfide) groups is 1. The normalized spacial score (nSPS) is 10.6. The monoisotopic (exact) mass is 372 g/mol. The van der Waals surface area contributed by atoms with Crippen LogP contribution in [0.4, 0.5) is 5.69 Å². The smallest absolute Gasteiger partial charge is 0.278 e. The molecule has 0 atom stereocenters. The number of carbonyl (C=O) groups is 1. The lowest BCUT2D eigenvalue weighted by Crippen LogP contribution is -2.15. The van der Waals surface area contributed by atoms with Gasteiger partial charge in [-0.05, 0) is 30.3 Å². The van der Waals surface area contributed by atoms with E-state index in [1.165, 1.54) is 0 Å². The van der Waals surface area contributed by atoms with Crippen LogP contribution in [-0.4, -0.2) is 26.7 Å². The van der Waals surface area contributed by atoms with Gasteiger partial charge in [-0.1, -0.05) is 41.6 Å². The number of ketones is 1. The van der Waals surface area contributed by atoms with Crippen molar-refractivity contribution in [3.05, 3.63) is 69.5 Å². The van der Waals surface area contributed by atoms with Crippen LogP contribution in [0.15, 0.2) is 58.5 Å². The van der Waals surface area contributed by atoms with Crippen molar-refractivity contribution in [2.45, 2.75) is 5.16 Å². The molecule has 0 aliphatic rings. The molecule has 0 spiro atoms. The molecular formula is C17H13ClN4O2S. The van der Waals surface area contributed by atoms with Crippen molar-refractivity contribution < 1.29 is 4.79 Å². The van der Waals surface area contributed by atoms with E-state index in [9.17, 15) is 9.59 Å². The zero-order chi connectivity index (χ0) is 17.8. The highest BCUT2D eigenvalue weighted by atomic mass is 35.5. The van der Waals surface area contributed by atoms with Crippen LogP contribution in [0.1, 0.15) is 10.4 Å². The van der Waals surface area contributed by atoms with E-state index < -0.39 is 5.56 Å². The molecule has 0 aliphatic carbocycles. The van der Waals surface area contributed by atoms with Crippen LogP contribution < -0.4 is 11.3 Å². The number of carbonyl (C=O) groups excluding carboxylic acids is 1. The fourth-order valence-corrected chi connectivity index (χ4v) is 2.95. The minimum Gasteiger partial charge on any atom is -0.398 e. The Bertz CT molecular complexity index is 973. The molecule has 3 aromatic rings. The number of halogens is 1. The fraction of sp³-hybridized carbons (Fsp3) is 0.0588.